The molecule has 6 nitrogen and oxygen atoms in total. The highest BCUT2D eigenvalue weighted by molar-refractivity contribution is 5.57. The lowest BCUT2D eigenvalue weighted by atomic mass is 10.1. The van der Waals surface area contributed by atoms with Gasteiger partial charge in [0.2, 0.25) is 5.82 Å². The van der Waals surface area contributed by atoms with Gasteiger partial charge in [0.25, 0.3) is 0 Å². The van der Waals surface area contributed by atoms with Crippen LogP contribution in [0.2, 0.25) is 0 Å². The van der Waals surface area contributed by atoms with Crippen LogP contribution in [-0.2, 0) is 6.42 Å². The molecule has 0 saturated heterocycles. The standard InChI is InChI=1S/C14H16N4O2/c15-14-12(18(19)20)8-9-13(17-14)16-10-4-7-11-5-2-1-3-6-11/h1-3,5-6,8-9H,4,7,10H2,(H3,15,16,17). The van der Waals surface area contributed by atoms with Crippen LogP contribution < -0.4 is 11.1 Å². The van der Waals surface area contributed by atoms with Crippen LogP contribution in [0.1, 0.15) is 12.0 Å². The molecule has 0 bridgehead atoms. The second-order valence-electron chi connectivity index (χ2n) is 4.37. The number of aromatic nitrogens is 1. The zero-order valence-electron chi connectivity index (χ0n) is 11.0. The smallest absolute Gasteiger partial charge is 0.311 e. The Morgan fingerprint density at radius 2 is 1.95 bits per heavy atom. The summed E-state index contributed by atoms with van der Waals surface area (Å²) in [5.41, 5.74) is 6.64. The van der Waals surface area contributed by atoms with E-state index in [4.69, 9.17) is 5.73 Å². The number of pyridine rings is 1. The quantitative estimate of drug-likeness (QED) is 0.479. The topological polar surface area (TPSA) is 94.1 Å². The maximum atomic E-state index is 10.6. The molecule has 0 aliphatic heterocycles. The van der Waals surface area contributed by atoms with Crippen molar-refractivity contribution in [1.82, 2.24) is 4.98 Å². The van der Waals surface area contributed by atoms with Gasteiger partial charge in [-0.15, -0.1) is 0 Å². The normalized spacial score (nSPS) is 10.2. The van der Waals surface area contributed by atoms with Gasteiger partial charge in [-0.25, -0.2) is 4.98 Å². The minimum Gasteiger partial charge on any atom is -0.378 e. The number of nitrogens with one attached hydrogen (secondary N) is 1. The zero-order valence-corrected chi connectivity index (χ0v) is 11.0. The van der Waals surface area contributed by atoms with E-state index >= 15 is 0 Å². The fourth-order valence-electron chi connectivity index (χ4n) is 1.87. The second kappa shape index (κ2) is 6.51. The Balaban J connectivity index is 1.83. The summed E-state index contributed by atoms with van der Waals surface area (Å²) in [6, 6.07) is 13.1. The number of nitrogens with zero attached hydrogens (tertiary/aromatic N) is 2. The molecule has 0 radical (unpaired) electrons. The molecule has 0 unspecified atom stereocenters. The molecule has 20 heavy (non-hydrogen) atoms. The van der Waals surface area contributed by atoms with E-state index in [1.54, 1.807) is 6.07 Å². The lowest BCUT2D eigenvalue weighted by molar-refractivity contribution is -0.384. The molecular formula is C14H16N4O2. The van der Waals surface area contributed by atoms with Crippen molar-refractivity contribution in [3.8, 4) is 0 Å². The summed E-state index contributed by atoms with van der Waals surface area (Å²) >= 11 is 0. The van der Waals surface area contributed by atoms with Crippen LogP contribution >= 0.6 is 0 Å². The Labute approximate surface area is 116 Å². The lowest BCUT2D eigenvalue weighted by Crippen LogP contribution is -2.06. The minimum absolute atomic E-state index is 0.0666. The van der Waals surface area contributed by atoms with Crippen LogP contribution in [0.15, 0.2) is 42.5 Å². The predicted molar refractivity (Wildman–Crippen MR) is 78.6 cm³/mol. The van der Waals surface area contributed by atoms with Crippen molar-refractivity contribution in [2.75, 3.05) is 17.6 Å². The van der Waals surface area contributed by atoms with E-state index in [1.807, 2.05) is 18.2 Å². The number of rotatable bonds is 6. The monoisotopic (exact) mass is 272 g/mol. The van der Waals surface area contributed by atoms with Crippen LogP contribution in [0, 0.1) is 10.1 Å². The van der Waals surface area contributed by atoms with Crippen molar-refractivity contribution in [3.05, 3.63) is 58.1 Å². The number of hydrogen-bond donors (Lipinski definition) is 2. The molecule has 0 spiro atoms. The van der Waals surface area contributed by atoms with Gasteiger partial charge in [0.15, 0.2) is 0 Å². The highest BCUT2D eigenvalue weighted by Gasteiger charge is 2.12. The van der Waals surface area contributed by atoms with Gasteiger partial charge in [-0.05, 0) is 24.5 Å². The average Bonchev–Trinajstić information content (AvgIpc) is 2.44. The number of nitrogens with two attached hydrogens (primary N) is 1. The van der Waals surface area contributed by atoms with Crippen LogP contribution in [0.5, 0.6) is 0 Å². The second-order valence-corrected chi connectivity index (χ2v) is 4.37. The molecule has 0 atom stereocenters. The van der Waals surface area contributed by atoms with E-state index < -0.39 is 4.92 Å². The van der Waals surface area contributed by atoms with Gasteiger partial charge in [-0.3, -0.25) is 10.1 Å². The van der Waals surface area contributed by atoms with E-state index in [0.29, 0.717) is 5.82 Å². The zero-order chi connectivity index (χ0) is 14.4. The van der Waals surface area contributed by atoms with Gasteiger partial charge in [-0.1, -0.05) is 30.3 Å². The third kappa shape index (κ3) is 3.68. The summed E-state index contributed by atoms with van der Waals surface area (Å²) in [5.74, 6) is 0.490. The van der Waals surface area contributed by atoms with E-state index in [1.165, 1.54) is 11.6 Å². The summed E-state index contributed by atoms with van der Waals surface area (Å²) in [5, 5.41) is 13.7. The van der Waals surface area contributed by atoms with Crippen molar-refractivity contribution in [1.29, 1.82) is 0 Å². The first-order valence-corrected chi connectivity index (χ1v) is 6.35. The molecular weight excluding hydrogens is 256 g/mol. The predicted octanol–water partition coefficient (Wildman–Crippen LogP) is 2.62. The highest BCUT2D eigenvalue weighted by Crippen LogP contribution is 2.20. The van der Waals surface area contributed by atoms with E-state index in [9.17, 15) is 10.1 Å². The first kappa shape index (κ1) is 13.8. The molecule has 0 fully saturated rings. The Bertz CT molecular complexity index is 587. The van der Waals surface area contributed by atoms with Crippen molar-refractivity contribution in [2.24, 2.45) is 0 Å². The van der Waals surface area contributed by atoms with Crippen LogP contribution in [0.25, 0.3) is 0 Å². The summed E-state index contributed by atoms with van der Waals surface area (Å²) in [7, 11) is 0. The fraction of sp³-hybridized carbons (Fsp3) is 0.214. The summed E-state index contributed by atoms with van der Waals surface area (Å²) < 4.78 is 0. The van der Waals surface area contributed by atoms with E-state index in [2.05, 4.69) is 22.4 Å². The van der Waals surface area contributed by atoms with Gasteiger partial charge >= 0.3 is 5.69 Å². The minimum atomic E-state index is -0.540. The summed E-state index contributed by atoms with van der Waals surface area (Å²) in [6.45, 7) is 0.735. The van der Waals surface area contributed by atoms with Crippen molar-refractivity contribution >= 4 is 17.3 Å². The van der Waals surface area contributed by atoms with Gasteiger partial charge in [-0.2, -0.15) is 0 Å². The van der Waals surface area contributed by atoms with Crippen LogP contribution in [0.3, 0.4) is 0 Å². The van der Waals surface area contributed by atoms with Gasteiger partial charge in [0, 0.05) is 12.6 Å². The van der Waals surface area contributed by atoms with Crippen molar-refractivity contribution in [2.45, 2.75) is 12.8 Å². The molecule has 1 heterocycles. The number of anilines is 2. The average molecular weight is 272 g/mol. The maximum Gasteiger partial charge on any atom is 0.311 e. The Morgan fingerprint density at radius 3 is 2.60 bits per heavy atom. The molecule has 1 aromatic heterocycles. The van der Waals surface area contributed by atoms with Crippen LogP contribution in [-0.4, -0.2) is 16.5 Å². The molecule has 0 saturated carbocycles. The molecule has 6 heteroatoms. The lowest BCUT2D eigenvalue weighted by Gasteiger charge is -2.06. The van der Waals surface area contributed by atoms with E-state index in [-0.39, 0.29) is 11.5 Å². The van der Waals surface area contributed by atoms with Crippen molar-refractivity contribution in [3.63, 3.8) is 0 Å². The fourth-order valence-corrected chi connectivity index (χ4v) is 1.87. The number of aryl methyl sites for hydroxylation is 1. The third-order valence-electron chi connectivity index (χ3n) is 2.89. The number of nitro groups is 1. The van der Waals surface area contributed by atoms with Gasteiger partial charge in [0.05, 0.1) is 4.92 Å². The van der Waals surface area contributed by atoms with Gasteiger partial charge in [0.1, 0.15) is 5.82 Å². The molecule has 0 amide bonds. The largest absolute Gasteiger partial charge is 0.378 e. The number of benzene rings is 1. The molecule has 104 valence electrons. The van der Waals surface area contributed by atoms with E-state index in [0.717, 1.165) is 19.4 Å². The maximum absolute atomic E-state index is 10.6. The van der Waals surface area contributed by atoms with Gasteiger partial charge < -0.3 is 11.1 Å². The number of nitrogen functional groups attached to an aromatic ring is 1. The molecule has 1 aromatic carbocycles. The molecule has 3 N–H and O–H groups in total. The third-order valence-corrected chi connectivity index (χ3v) is 2.89. The first-order chi connectivity index (χ1) is 9.66. The summed E-state index contributed by atoms with van der Waals surface area (Å²) in [4.78, 5) is 14.0. The molecule has 0 aliphatic rings. The molecule has 0 aliphatic carbocycles. The number of hydrogen-bond acceptors (Lipinski definition) is 5. The Kier molecular flexibility index (Phi) is 4.49. The Hall–Kier alpha value is -2.63. The Morgan fingerprint density at radius 1 is 1.20 bits per heavy atom. The first-order valence-electron chi connectivity index (χ1n) is 6.35. The van der Waals surface area contributed by atoms with Crippen molar-refractivity contribution < 1.29 is 4.92 Å². The molecule has 2 aromatic rings. The summed E-state index contributed by atoms with van der Waals surface area (Å²) in [6.07, 6.45) is 1.92. The molecule has 2 rings (SSSR count). The highest BCUT2D eigenvalue weighted by atomic mass is 16.6. The van der Waals surface area contributed by atoms with Crippen LogP contribution in [0.4, 0.5) is 17.3 Å². The SMILES string of the molecule is Nc1nc(NCCCc2ccccc2)ccc1[N+](=O)[O-].